The predicted octanol–water partition coefficient (Wildman–Crippen LogP) is 0.325. The summed E-state index contributed by atoms with van der Waals surface area (Å²) in [6.07, 6.45) is 1.83. The van der Waals surface area contributed by atoms with Crippen molar-refractivity contribution < 1.29 is 0 Å². The smallest absolute Gasteiger partial charge is 0.119 e. The Balaban J connectivity index is 2.77. The summed E-state index contributed by atoms with van der Waals surface area (Å²) in [5.41, 5.74) is 0. The number of hydrogen-bond donors (Lipinski definition) is 2. The van der Waals surface area contributed by atoms with Gasteiger partial charge in [0.15, 0.2) is 0 Å². The number of hydrazine groups is 1. The van der Waals surface area contributed by atoms with Gasteiger partial charge in [-0.05, 0) is 12.1 Å². The third kappa shape index (κ3) is 0.816. The van der Waals surface area contributed by atoms with E-state index < -0.39 is 0 Å². The van der Waals surface area contributed by atoms with Gasteiger partial charge in [-0.15, -0.1) is 0 Å². The predicted molar refractivity (Wildman–Crippen MR) is 33.4 cm³/mol. The van der Waals surface area contributed by atoms with Crippen LogP contribution in [0.1, 0.15) is 0 Å². The molecule has 1 rings (SSSR count). The van der Waals surface area contributed by atoms with Crippen LogP contribution in [0.25, 0.3) is 0 Å². The molecule has 0 atom stereocenters. The van der Waals surface area contributed by atoms with Crippen LogP contribution in [0, 0.1) is 0 Å². The van der Waals surface area contributed by atoms with Crippen molar-refractivity contribution in [3.05, 3.63) is 18.3 Å². The third-order valence-corrected chi connectivity index (χ3v) is 0.962. The SMILES string of the molecule is CN(N)c1ccc[nH]1. The second kappa shape index (κ2) is 1.88. The molecular formula is C5H9N3. The van der Waals surface area contributed by atoms with Crippen molar-refractivity contribution in [3.63, 3.8) is 0 Å². The Morgan fingerprint density at radius 1 is 1.75 bits per heavy atom. The standard InChI is InChI=1S/C5H9N3/c1-8(6)5-3-2-4-7-5/h2-4,7H,6H2,1H3. The molecule has 3 nitrogen and oxygen atoms in total. The van der Waals surface area contributed by atoms with E-state index in [9.17, 15) is 0 Å². The lowest BCUT2D eigenvalue weighted by Gasteiger charge is -2.06. The van der Waals surface area contributed by atoms with Gasteiger partial charge in [-0.2, -0.15) is 0 Å². The Labute approximate surface area is 48.1 Å². The highest BCUT2D eigenvalue weighted by molar-refractivity contribution is 5.34. The largest absolute Gasteiger partial charge is 0.347 e. The molecule has 0 aliphatic heterocycles. The van der Waals surface area contributed by atoms with Crippen LogP contribution in [0.4, 0.5) is 5.82 Å². The number of aromatic nitrogens is 1. The molecular weight excluding hydrogens is 102 g/mol. The summed E-state index contributed by atoms with van der Waals surface area (Å²) in [5.74, 6) is 6.28. The number of anilines is 1. The van der Waals surface area contributed by atoms with Gasteiger partial charge in [-0.1, -0.05) is 0 Å². The number of nitrogens with two attached hydrogens (primary N) is 1. The van der Waals surface area contributed by atoms with E-state index in [0.717, 1.165) is 5.82 Å². The van der Waals surface area contributed by atoms with E-state index in [1.54, 1.807) is 7.05 Å². The normalized spacial score (nSPS) is 9.25. The van der Waals surface area contributed by atoms with Crippen LogP contribution in [0.2, 0.25) is 0 Å². The van der Waals surface area contributed by atoms with E-state index in [2.05, 4.69) is 4.98 Å². The molecule has 1 aromatic rings. The maximum absolute atomic E-state index is 5.36. The third-order valence-electron chi connectivity index (χ3n) is 0.962. The Hall–Kier alpha value is -0.960. The van der Waals surface area contributed by atoms with Gasteiger partial charge < -0.3 is 4.98 Å². The molecule has 3 N–H and O–H groups in total. The van der Waals surface area contributed by atoms with Crippen molar-refractivity contribution in [2.45, 2.75) is 0 Å². The molecule has 44 valence electrons. The van der Waals surface area contributed by atoms with Gasteiger partial charge in [0.25, 0.3) is 0 Å². The number of nitrogens with zero attached hydrogens (tertiary/aromatic N) is 1. The molecule has 0 spiro atoms. The minimum atomic E-state index is 0.921. The number of rotatable bonds is 1. The van der Waals surface area contributed by atoms with Crippen LogP contribution < -0.4 is 10.9 Å². The molecule has 0 unspecified atom stereocenters. The number of nitrogens with one attached hydrogen (secondary N) is 1. The average Bonchev–Trinajstić information content (AvgIpc) is 2.12. The Morgan fingerprint density at radius 2 is 2.50 bits per heavy atom. The molecule has 0 aromatic carbocycles. The lowest BCUT2D eigenvalue weighted by molar-refractivity contribution is 0.988. The Bertz CT molecular complexity index is 143. The molecule has 1 heterocycles. The summed E-state index contributed by atoms with van der Waals surface area (Å²) in [6, 6.07) is 3.80. The van der Waals surface area contributed by atoms with E-state index in [1.165, 1.54) is 5.01 Å². The fraction of sp³-hybridized carbons (Fsp3) is 0.200. The zero-order chi connectivity index (χ0) is 5.98. The molecule has 8 heavy (non-hydrogen) atoms. The molecule has 0 saturated heterocycles. The number of aromatic amines is 1. The average molecular weight is 111 g/mol. The van der Waals surface area contributed by atoms with E-state index in [0.29, 0.717) is 0 Å². The number of hydrogen-bond acceptors (Lipinski definition) is 2. The summed E-state index contributed by atoms with van der Waals surface area (Å²) in [5, 5.41) is 1.53. The molecule has 0 bridgehead atoms. The van der Waals surface area contributed by atoms with Crippen molar-refractivity contribution in [1.82, 2.24) is 4.98 Å². The summed E-state index contributed by atoms with van der Waals surface area (Å²) in [6.45, 7) is 0. The quantitative estimate of drug-likeness (QED) is 0.405. The first-order valence-electron chi connectivity index (χ1n) is 2.42. The van der Waals surface area contributed by atoms with Crippen LogP contribution in [0.3, 0.4) is 0 Å². The zero-order valence-corrected chi connectivity index (χ0v) is 4.76. The minimum absolute atomic E-state index is 0.921. The first-order valence-corrected chi connectivity index (χ1v) is 2.42. The fourth-order valence-electron chi connectivity index (χ4n) is 0.540. The van der Waals surface area contributed by atoms with Gasteiger partial charge >= 0.3 is 0 Å². The molecule has 3 heteroatoms. The number of H-pyrrole nitrogens is 1. The summed E-state index contributed by atoms with van der Waals surface area (Å²) in [4.78, 5) is 2.94. The van der Waals surface area contributed by atoms with Crippen molar-refractivity contribution in [3.8, 4) is 0 Å². The molecule has 0 aliphatic carbocycles. The molecule has 0 saturated carbocycles. The monoisotopic (exact) mass is 111 g/mol. The molecule has 1 aromatic heterocycles. The van der Waals surface area contributed by atoms with Crippen LogP contribution in [0.15, 0.2) is 18.3 Å². The first kappa shape index (κ1) is 5.18. The lowest BCUT2D eigenvalue weighted by atomic mass is 10.6. The van der Waals surface area contributed by atoms with E-state index >= 15 is 0 Å². The second-order valence-corrected chi connectivity index (χ2v) is 1.67. The minimum Gasteiger partial charge on any atom is -0.347 e. The Morgan fingerprint density at radius 3 is 2.75 bits per heavy atom. The highest BCUT2D eigenvalue weighted by atomic mass is 15.4. The highest BCUT2D eigenvalue weighted by Crippen LogP contribution is 2.01. The second-order valence-electron chi connectivity index (χ2n) is 1.67. The van der Waals surface area contributed by atoms with Gasteiger partial charge in [0.05, 0.1) is 0 Å². The van der Waals surface area contributed by atoms with Crippen molar-refractivity contribution in [2.24, 2.45) is 5.84 Å². The zero-order valence-electron chi connectivity index (χ0n) is 4.76. The van der Waals surface area contributed by atoms with Crippen LogP contribution in [-0.2, 0) is 0 Å². The van der Waals surface area contributed by atoms with Gasteiger partial charge in [0.1, 0.15) is 5.82 Å². The molecule has 0 amide bonds. The maximum Gasteiger partial charge on any atom is 0.119 e. The molecule has 0 aliphatic rings. The van der Waals surface area contributed by atoms with Crippen molar-refractivity contribution >= 4 is 5.82 Å². The maximum atomic E-state index is 5.36. The van der Waals surface area contributed by atoms with Crippen LogP contribution in [-0.4, -0.2) is 12.0 Å². The van der Waals surface area contributed by atoms with E-state index in [-0.39, 0.29) is 0 Å². The van der Waals surface area contributed by atoms with Gasteiger partial charge in [-0.25, -0.2) is 5.84 Å². The highest BCUT2D eigenvalue weighted by Gasteiger charge is 1.89. The topological polar surface area (TPSA) is 45.0 Å². The molecule has 0 radical (unpaired) electrons. The van der Waals surface area contributed by atoms with Gasteiger partial charge in [0.2, 0.25) is 0 Å². The Kier molecular flexibility index (Phi) is 1.22. The van der Waals surface area contributed by atoms with E-state index in [4.69, 9.17) is 5.84 Å². The van der Waals surface area contributed by atoms with Crippen LogP contribution >= 0.6 is 0 Å². The first-order chi connectivity index (χ1) is 3.80. The molecule has 0 fully saturated rings. The van der Waals surface area contributed by atoms with Gasteiger partial charge in [0, 0.05) is 13.2 Å². The fourth-order valence-corrected chi connectivity index (χ4v) is 0.540. The summed E-state index contributed by atoms with van der Waals surface area (Å²) in [7, 11) is 1.78. The lowest BCUT2D eigenvalue weighted by Crippen LogP contribution is -2.25. The van der Waals surface area contributed by atoms with E-state index in [1.807, 2.05) is 18.3 Å². The summed E-state index contributed by atoms with van der Waals surface area (Å²) >= 11 is 0. The summed E-state index contributed by atoms with van der Waals surface area (Å²) < 4.78 is 0. The van der Waals surface area contributed by atoms with Crippen molar-refractivity contribution in [1.29, 1.82) is 0 Å². The van der Waals surface area contributed by atoms with Gasteiger partial charge in [-0.3, -0.25) is 5.01 Å². The van der Waals surface area contributed by atoms with Crippen molar-refractivity contribution in [2.75, 3.05) is 12.1 Å². The van der Waals surface area contributed by atoms with Crippen LogP contribution in [0.5, 0.6) is 0 Å².